The summed E-state index contributed by atoms with van der Waals surface area (Å²) in [6, 6.07) is 13.2. The molecular weight excluding hydrogens is 363 g/mol. The molecule has 142 valence electrons. The first-order valence-electron chi connectivity index (χ1n) is 7.82. The first-order valence-corrected chi connectivity index (χ1v) is 7.82. The molecule has 0 unspecified atom stereocenters. The molecule has 2 aromatic rings. The number of carbonyl (C=O) groups excluding carboxylic acids is 2. The first-order chi connectivity index (χ1) is 12.8. The molecular formula is C18H16F3N3O3. The summed E-state index contributed by atoms with van der Waals surface area (Å²) in [7, 11) is 0. The van der Waals surface area contributed by atoms with E-state index in [2.05, 4.69) is 20.6 Å². The van der Waals surface area contributed by atoms with Crippen LogP contribution in [0.4, 0.5) is 23.7 Å². The Morgan fingerprint density at radius 3 is 2.52 bits per heavy atom. The van der Waals surface area contributed by atoms with Crippen molar-refractivity contribution in [1.29, 1.82) is 0 Å². The summed E-state index contributed by atoms with van der Waals surface area (Å²) in [6.07, 6.45) is -4.22. The van der Waals surface area contributed by atoms with E-state index in [0.29, 0.717) is 0 Å². The molecule has 2 amide bonds. The van der Waals surface area contributed by atoms with Crippen LogP contribution in [0.15, 0.2) is 59.8 Å². The third-order valence-electron chi connectivity index (χ3n) is 3.24. The number of carbonyl (C=O) groups is 2. The number of halogens is 3. The lowest BCUT2D eigenvalue weighted by Gasteiger charge is -2.08. The fourth-order valence-corrected chi connectivity index (χ4v) is 2.04. The third kappa shape index (κ3) is 7.18. The molecule has 0 spiro atoms. The summed E-state index contributed by atoms with van der Waals surface area (Å²) in [5.41, 5.74) is -0.130. The van der Waals surface area contributed by atoms with Crippen LogP contribution in [0.25, 0.3) is 0 Å². The summed E-state index contributed by atoms with van der Waals surface area (Å²) < 4.78 is 37.8. The second-order valence-electron chi connectivity index (χ2n) is 5.34. The Morgan fingerprint density at radius 2 is 1.81 bits per heavy atom. The Labute approximate surface area is 153 Å². The summed E-state index contributed by atoms with van der Waals surface area (Å²) in [6.45, 7) is 0.0303. The first kappa shape index (κ1) is 20.0. The fourth-order valence-electron chi connectivity index (χ4n) is 2.04. The molecule has 9 heteroatoms. The zero-order chi connectivity index (χ0) is 19.7. The van der Waals surface area contributed by atoms with Crippen molar-refractivity contribution in [1.82, 2.24) is 5.32 Å². The number of amides is 2. The summed E-state index contributed by atoms with van der Waals surface area (Å²) in [4.78, 5) is 27.6. The van der Waals surface area contributed by atoms with Gasteiger partial charge in [0.25, 0.3) is 0 Å². The molecule has 0 saturated carbocycles. The van der Waals surface area contributed by atoms with Gasteiger partial charge in [-0.05, 0) is 23.8 Å². The number of nitrogens with one attached hydrogen (secondary N) is 2. The molecule has 0 heterocycles. The highest BCUT2D eigenvalue weighted by Crippen LogP contribution is 2.30. The van der Waals surface area contributed by atoms with Crippen molar-refractivity contribution in [2.45, 2.75) is 12.6 Å². The number of oxime groups is 1. The third-order valence-corrected chi connectivity index (χ3v) is 3.24. The molecule has 2 rings (SSSR count). The van der Waals surface area contributed by atoms with Gasteiger partial charge in [-0.15, -0.1) is 0 Å². The van der Waals surface area contributed by atoms with Crippen LogP contribution in [0.5, 0.6) is 0 Å². The lowest BCUT2D eigenvalue weighted by atomic mass is 10.1. The Morgan fingerprint density at radius 1 is 1.07 bits per heavy atom. The van der Waals surface area contributed by atoms with Gasteiger partial charge < -0.3 is 5.32 Å². The van der Waals surface area contributed by atoms with E-state index in [-0.39, 0.29) is 24.6 Å². The summed E-state index contributed by atoms with van der Waals surface area (Å²) in [5.74, 6) is -0.235. The Balaban J connectivity index is 1.72. The van der Waals surface area contributed by atoms with Crippen molar-refractivity contribution in [2.75, 3.05) is 11.9 Å². The maximum Gasteiger partial charge on any atom is 0.437 e. The van der Waals surface area contributed by atoms with Gasteiger partial charge in [0.1, 0.15) is 0 Å². The van der Waals surface area contributed by atoms with Crippen molar-refractivity contribution in [2.24, 2.45) is 5.16 Å². The number of rotatable bonds is 6. The molecule has 0 atom stereocenters. The van der Waals surface area contributed by atoms with Gasteiger partial charge in [0.15, 0.2) is 0 Å². The number of hydrogen-bond acceptors (Lipinski definition) is 4. The van der Waals surface area contributed by atoms with Crippen LogP contribution in [-0.4, -0.2) is 24.8 Å². The van der Waals surface area contributed by atoms with Gasteiger partial charge in [-0.25, -0.2) is 4.79 Å². The Hall–Kier alpha value is -3.36. The second kappa shape index (κ2) is 9.37. The van der Waals surface area contributed by atoms with Crippen molar-refractivity contribution in [3.8, 4) is 0 Å². The van der Waals surface area contributed by atoms with Crippen molar-refractivity contribution in [3.05, 3.63) is 65.7 Å². The zero-order valence-corrected chi connectivity index (χ0v) is 14.0. The number of anilines is 1. The largest absolute Gasteiger partial charge is 0.437 e. The summed E-state index contributed by atoms with van der Waals surface area (Å²) >= 11 is 0. The fraction of sp³-hybridized carbons (Fsp3) is 0.167. The monoisotopic (exact) mass is 379 g/mol. The quantitative estimate of drug-likeness (QED) is 0.457. The van der Waals surface area contributed by atoms with Gasteiger partial charge in [0.2, 0.25) is 5.91 Å². The molecule has 0 fully saturated rings. The molecule has 2 aromatic carbocycles. The van der Waals surface area contributed by atoms with Gasteiger partial charge in [-0.2, -0.15) is 13.2 Å². The van der Waals surface area contributed by atoms with Crippen LogP contribution in [0, 0.1) is 0 Å². The van der Waals surface area contributed by atoms with Crippen LogP contribution in [0.3, 0.4) is 0 Å². The molecule has 0 aliphatic rings. The average Bonchev–Trinajstić information content (AvgIpc) is 2.62. The smallest absolute Gasteiger partial charge is 0.351 e. The van der Waals surface area contributed by atoms with Crippen molar-refractivity contribution in [3.63, 3.8) is 0 Å². The van der Waals surface area contributed by atoms with Crippen LogP contribution in [0.1, 0.15) is 11.1 Å². The highest BCUT2D eigenvalue weighted by Gasteiger charge is 2.30. The molecule has 6 nitrogen and oxygen atoms in total. The van der Waals surface area contributed by atoms with E-state index in [9.17, 15) is 22.8 Å². The normalized spacial score (nSPS) is 11.2. The van der Waals surface area contributed by atoms with E-state index in [1.165, 1.54) is 6.07 Å². The van der Waals surface area contributed by atoms with E-state index >= 15 is 0 Å². The zero-order valence-electron chi connectivity index (χ0n) is 14.0. The van der Waals surface area contributed by atoms with E-state index in [1.807, 2.05) is 30.3 Å². The van der Waals surface area contributed by atoms with E-state index in [4.69, 9.17) is 0 Å². The second-order valence-corrected chi connectivity index (χ2v) is 5.34. The summed E-state index contributed by atoms with van der Waals surface area (Å²) in [5, 5.41) is 8.02. The molecule has 0 aliphatic heterocycles. The lowest BCUT2D eigenvalue weighted by Crippen LogP contribution is -2.26. The molecule has 2 N–H and O–H groups in total. The predicted octanol–water partition coefficient (Wildman–Crippen LogP) is 3.60. The SMILES string of the molecule is O=C(Cc1ccccc1)NCC=NOC(=O)Nc1cccc(C(F)(F)F)c1. The van der Waals surface area contributed by atoms with Crippen molar-refractivity contribution < 1.29 is 27.6 Å². The lowest BCUT2D eigenvalue weighted by molar-refractivity contribution is -0.137. The maximum atomic E-state index is 12.6. The maximum absolute atomic E-state index is 12.6. The molecule has 0 radical (unpaired) electrons. The molecule has 27 heavy (non-hydrogen) atoms. The van der Waals surface area contributed by atoms with Crippen LogP contribution in [0.2, 0.25) is 0 Å². The highest BCUT2D eigenvalue weighted by atomic mass is 19.4. The number of hydrogen-bond donors (Lipinski definition) is 2. The molecule has 0 aliphatic carbocycles. The van der Waals surface area contributed by atoms with Crippen LogP contribution >= 0.6 is 0 Å². The van der Waals surface area contributed by atoms with Gasteiger partial charge in [-0.1, -0.05) is 41.6 Å². The minimum absolute atomic E-state index is 0.0303. The van der Waals surface area contributed by atoms with Crippen molar-refractivity contribution >= 4 is 23.9 Å². The number of alkyl halides is 3. The van der Waals surface area contributed by atoms with Crippen LogP contribution in [-0.2, 0) is 22.2 Å². The van der Waals surface area contributed by atoms with Gasteiger partial charge >= 0.3 is 12.3 Å². The van der Waals surface area contributed by atoms with Crippen LogP contribution < -0.4 is 10.6 Å². The topological polar surface area (TPSA) is 79.8 Å². The number of nitrogens with zero attached hydrogens (tertiary/aromatic N) is 1. The Bertz CT molecular complexity index is 808. The van der Waals surface area contributed by atoms with E-state index in [0.717, 1.165) is 30.0 Å². The minimum atomic E-state index is -4.52. The molecule has 0 saturated heterocycles. The Kier molecular flexibility index (Phi) is 6.93. The minimum Gasteiger partial charge on any atom is -0.351 e. The highest BCUT2D eigenvalue weighted by molar-refractivity contribution is 5.85. The average molecular weight is 379 g/mol. The number of benzene rings is 2. The van der Waals surface area contributed by atoms with Gasteiger partial charge in [-0.3, -0.25) is 14.9 Å². The van der Waals surface area contributed by atoms with E-state index < -0.39 is 17.8 Å². The van der Waals surface area contributed by atoms with Gasteiger partial charge in [0.05, 0.1) is 24.7 Å². The standard InChI is InChI=1S/C18H16F3N3O3/c19-18(20,21)14-7-4-8-15(12-14)24-17(26)27-23-10-9-22-16(25)11-13-5-2-1-3-6-13/h1-8,10,12H,9,11H2,(H,22,25)(H,24,26). The van der Waals surface area contributed by atoms with Gasteiger partial charge in [0, 0.05) is 5.69 Å². The predicted molar refractivity (Wildman–Crippen MR) is 93.2 cm³/mol. The van der Waals surface area contributed by atoms with E-state index in [1.54, 1.807) is 0 Å². The molecule has 0 bridgehead atoms. The molecule has 0 aromatic heterocycles.